The van der Waals surface area contributed by atoms with Gasteiger partial charge in [-0.2, -0.15) is 0 Å². The summed E-state index contributed by atoms with van der Waals surface area (Å²) in [5, 5.41) is 2.68. The number of carbonyl (C=O) groups excluding carboxylic acids is 2. The van der Waals surface area contributed by atoms with Gasteiger partial charge in [-0.25, -0.2) is 0 Å². The van der Waals surface area contributed by atoms with Crippen LogP contribution in [-0.2, 0) is 9.59 Å². The highest BCUT2D eigenvalue weighted by Crippen LogP contribution is 2.20. The summed E-state index contributed by atoms with van der Waals surface area (Å²) in [6, 6.07) is 7.51. The van der Waals surface area contributed by atoms with E-state index in [1.807, 2.05) is 38.1 Å². The normalized spacial score (nSPS) is 11.8. The molecular formula is C15H23N3O2. The predicted molar refractivity (Wildman–Crippen MR) is 80.2 cm³/mol. The van der Waals surface area contributed by atoms with E-state index in [0.29, 0.717) is 18.7 Å². The van der Waals surface area contributed by atoms with E-state index < -0.39 is 0 Å². The quantitative estimate of drug-likeness (QED) is 0.771. The van der Waals surface area contributed by atoms with Crippen LogP contribution in [-0.4, -0.2) is 36.9 Å². The van der Waals surface area contributed by atoms with Crippen molar-refractivity contribution in [3.05, 3.63) is 29.8 Å². The van der Waals surface area contributed by atoms with Crippen LogP contribution in [0.5, 0.6) is 0 Å². The van der Waals surface area contributed by atoms with Crippen LogP contribution in [0.15, 0.2) is 24.3 Å². The lowest BCUT2D eigenvalue weighted by Crippen LogP contribution is -2.38. The fourth-order valence-electron chi connectivity index (χ4n) is 1.92. The zero-order chi connectivity index (χ0) is 15.1. The third-order valence-corrected chi connectivity index (χ3v) is 3.17. The van der Waals surface area contributed by atoms with E-state index in [4.69, 9.17) is 5.73 Å². The van der Waals surface area contributed by atoms with Crippen molar-refractivity contribution in [2.24, 2.45) is 0 Å². The van der Waals surface area contributed by atoms with Gasteiger partial charge in [-0.05, 0) is 30.5 Å². The third-order valence-electron chi connectivity index (χ3n) is 3.17. The predicted octanol–water partition coefficient (Wildman–Crippen LogP) is 1.36. The number of benzene rings is 1. The molecule has 110 valence electrons. The Hall–Kier alpha value is -2.04. The summed E-state index contributed by atoms with van der Waals surface area (Å²) < 4.78 is 0. The molecule has 5 heteroatoms. The molecule has 0 aliphatic rings. The summed E-state index contributed by atoms with van der Waals surface area (Å²) in [6.45, 7) is 4.51. The largest absolute Gasteiger partial charge is 0.399 e. The van der Waals surface area contributed by atoms with E-state index in [0.717, 1.165) is 5.56 Å². The number of rotatable bonds is 6. The van der Waals surface area contributed by atoms with Gasteiger partial charge in [0, 0.05) is 25.7 Å². The molecule has 0 aliphatic heterocycles. The van der Waals surface area contributed by atoms with Gasteiger partial charge in [0.2, 0.25) is 11.8 Å². The summed E-state index contributed by atoms with van der Waals surface area (Å²) in [7, 11) is 1.65. The molecule has 0 aromatic heterocycles. The number of amides is 2. The minimum absolute atomic E-state index is 0.0411. The highest BCUT2D eigenvalue weighted by molar-refractivity contribution is 5.84. The molecule has 0 spiro atoms. The Labute approximate surface area is 120 Å². The molecule has 0 radical (unpaired) electrons. The number of anilines is 1. The number of hydrogen-bond donors (Lipinski definition) is 2. The second-order valence-corrected chi connectivity index (χ2v) is 4.98. The Morgan fingerprint density at radius 2 is 1.90 bits per heavy atom. The van der Waals surface area contributed by atoms with Gasteiger partial charge in [0.1, 0.15) is 0 Å². The van der Waals surface area contributed by atoms with E-state index in [9.17, 15) is 9.59 Å². The first-order valence-electron chi connectivity index (χ1n) is 6.80. The van der Waals surface area contributed by atoms with Crippen molar-refractivity contribution in [1.82, 2.24) is 10.2 Å². The number of carbonyl (C=O) groups is 2. The van der Waals surface area contributed by atoms with Gasteiger partial charge in [0.05, 0.1) is 6.54 Å². The van der Waals surface area contributed by atoms with Gasteiger partial charge in [0.15, 0.2) is 0 Å². The van der Waals surface area contributed by atoms with Crippen LogP contribution in [0.25, 0.3) is 0 Å². The maximum Gasteiger partial charge on any atom is 0.239 e. The second kappa shape index (κ2) is 7.53. The molecule has 1 rings (SSSR count). The van der Waals surface area contributed by atoms with Crippen LogP contribution < -0.4 is 11.1 Å². The molecule has 0 bridgehead atoms. The highest BCUT2D eigenvalue weighted by Gasteiger charge is 2.16. The number of hydrogen-bond acceptors (Lipinski definition) is 3. The Morgan fingerprint density at radius 1 is 1.30 bits per heavy atom. The maximum atomic E-state index is 12.1. The fraction of sp³-hybridized carbons (Fsp3) is 0.467. The van der Waals surface area contributed by atoms with Crippen LogP contribution in [0, 0.1) is 0 Å². The molecule has 0 heterocycles. The smallest absolute Gasteiger partial charge is 0.239 e. The zero-order valence-corrected chi connectivity index (χ0v) is 12.3. The van der Waals surface area contributed by atoms with Crippen LogP contribution in [0.4, 0.5) is 5.69 Å². The van der Waals surface area contributed by atoms with E-state index in [1.54, 1.807) is 7.05 Å². The standard InChI is InChI=1S/C15H23N3O2/c1-4-17-14(19)10-18(3)15(20)9-11(2)12-5-7-13(16)8-6-12/h5-8,11H,4,9-10,16H2,1-3H3,(H,17,19). The van der Waals surface area contributed by atoms with Crippen molar-refractivity contribution in [2.75, 3.05) is 25.9 Å². The third kappa shape index (κ3) is 4.91. The topological polar surface area (TPSA) is 75.4 Å². The van der Waals surface area contributed by atoms with Gasteiger partial charge >= 0.3 is 0 Å². The van der Waals surface area contributed by atoms with Crippen LogP contribution in [0.1, 0.15) is 31.7 Å². The highest BCUT2D eigenvalue weighted by atomic mass is 16.2. The average Bonchev–Trinajstić information content (AvgIpc) is 2.39. The van der Waals surface area contributed by atoms with E-state index in [2.05, 4.69) is 5.32 Å². The Morgan fingerprint density at radius 3 is 2.45 bits per heavy atom. The number of nitrogens with two attached hydrogens (primary N) is 1. The summed E-state index contributed by atoms with van der Waals surface area (Å²) in [5.41, 5.74) is 7.42. The molecule has 0 saturated heterocycles. The first-order chi connectivity index (χ1) is 9.43. The molecule has 5 nitrogen and oxygen atoms in total. The first-order valence-corrected chi connectivity index (χ1v) is 6.80. The number of nitrogens with one attached hydrogen (secondary N) is 1. The Balaban J connectivity index is 2.52. The minimum Gasteiger partial charge on any atom is -0.399 e. The molecule has 20 heavy (non-hydrogen) atoms. The molecule has 0 aliphatic carbocycles. The lowest BCUT2D eigenvalue weighted by Gasteiger charge is -2.19. The summed E-state index contributed by atoms with van der Waals surface area (Å²) >= 11 is 0. The van der Waals surface area contributed by atoms with Crippen molar-refractivity contribution < 1.29 is 9.59 Å². The molecule has 1 aromatic carbocycles. The molecule has 0 saturated carbocycles. The lowest BCUT2D eigenvalue weighted by molar-refractivity contribution is -0.134. The zero-order valence-electron chi connectivity index (χ0n) is 12.3. The molecule has 3 N–H and O–H groups in total. The van der Waals surface area contributed by atoms with Gasteiger partial charge in [-0.3, -0.25) is 9.59 Å². The molecule has 1 atom stereocenters. The van der Waals surface area contributed by atoms with E-state index in [-0.39, 0.29) is 24.3 Å². The van der Waals surface area contributed by atoms with Gasteiger partial charge in [0.25, 0.3) is 0 Å². The Kier molecular flexibility index (Phi) is 6.03. The molecule has 0 fully saturated rings. The monoisotopic (exact) mass is 277 g/mol. The van der Waals surface area contributed by atoms with E-state index in [1.165, 1.54) is 4.90 Å². The second-order valence-electron chi connectivity index (χ2n) is 4.98. The van der Waals surface area contributed by atoms with Crippen molar-refractivity contribution in [3.8, 4) is 0 Å². The molecule has 1 unspecified atom stereocenters. The van der Waals surface area contributed by atoms with Crippen molar-refractivity contribution in [1.29, 1.82) is 0 Å². The molecule has 2 amide bonds. The fourth-order valence-corrected chi connectivity index (χ4v) is 1.92. The maximum absolute atomic E-state index is 12.1. The van der Waals surface area contributed by atoms with Gasteiger partial charge < -0.3 is 16.0 Å². The average molecular weight is 277 g/mol. The summed E-state index contributed by atoms with van der Waals surface area (Å²) in [4.78, 5) is 24.9. The SMILES string of the molecule is CCNC(=O)CN(C)C(=O)CC(C)c1ccc(N)cc1. The van der Waals surface area contributed by atoms with Crippen LogP contribution in [0.3, 0.4) is 0 Å². The Bertz CT molecular complexity index is 457. The van der Waals surface area contributed by atoms with Gasteiger partial charge in [-0.15, -0.1) is 0 Å². The number of nitrogens with zero attached hydrogens (tertiary/aromatic N) is 1. The van der Waals surface area contributed by atoms with Crippen molar-refractivity contribution >= 4 is 17.5 Å². The van der Waals surface area contributed by atoms with Crippen molar-refractivity contribution in [2.45, 2.75) is 26.2 Å². The number of nitrogen functional groups attached to an aromatic ring is 1. The molecular weight excluding hydrogens is 254 g/mol. The lowest BCUT2D eigenvalue weighted by atomic mass is 9.97. The summed E-state index contributed by atoms with van der Waals surface area (Å²) in [6.07, 6.45) is 0.375. The summed E-state index contributed by atoms with van der Waals surface area (Å²) in [5.74, 6) is -0.0798. The first kappa shape index (κ1) is 16.0. The number of likely N-dealkylation sites (N-methyl/N-ethyl adjacent to an activating group) is 2. The van der Waals surface area contributed by atoms with Crippen molar-refractivity contribution in [3.63, 3.8) is 0 Å². The van der Waals surface area contributed by atoms with Crippen LogP contribution >= 0.6 is 0 Å². The minimum atomic E-state index is -0.136. The molecule has 1 aromatic rings. The van der Waals surface area contributed by atoms with E-state index >= 15 is 0 Å². The van der Waals surface area contributed by atoms with Gasteiger partial charge in [-0.1, -0.05) is 19.1 Å². The van der Waals surface area contributed by atoms with Crippen LogP contribution in [0.2, 0.25) is 0 Å².